The third-order valence-electron chi connectivity index (χ3n) is 3.67. The Morgan fingerprint density at radius 3 is 2.29 bits per heavy atom. The van der Waals surface area contributed by atoms with E-state index in [1.807, 2.05) is 13.0 Å². The van der Waals surface area contributed by atoms with Gasteiger partial charge < -0.3 is 10.1 Å². The molecule has 5 heteroatoms. The van der Waals surface area contributed by atoms with Gasteiger partial charge in [-0.05, 0) is 24.7 Å². The Kier molecular flexibility index (Phi) is 6.46. The highest BCUT2D eigenvalue weighted by atomic mass is 16.6. The van der Waals surface area contributed by atoms with Crippen LogP contribution >= 0.6 is 0 Å². The highest BCUT2D eigenvalue weighted by molar-refractivity contribution is 5.56. The number of nitrogens with one attached hydrogen (secondary N) is 1. The first-order valence-electron chi connectivity index (χ1n) is 7.51. The molecule has 0 spiro atoms. The van der Waals surface area contributed by atoms with Gasteiger partial charge in [-0.3, -0.25) is 10.1 Å². The summed E-state index contributed by atoms with van der Waals surface area (Å²) in [5, 5.41) is 14.3. The van der Waals surface area contributed by atoms with Crippen molar-refractivity contribution in [1.82, 2.24) is 0 Å². The molecule has 0 atom stereocenters. The largest absolute Gasteiger partial charge is 0.494 e. The zero-order valence-electron chi connectivity index (χ0n) is 13.6. The second-order valence-electron chi connectivity index (χ2n) is 5.94. The molecule has 0 aromatic heterocycles. The number of hydrogen-bond acceptors (Lipinski definition) is 4. The van der Waals surface area contributed by atoms with Gasteiger partial charge in [0.05, 0.1) is 17.6 Å². The van der Waals surface area contributed by atoms with E-state index in [0.717, 1.165) is 12.2 Å². The lowest BCUT2D eigenvalue weighted by molar-refractivity contribution is -0.384. The van der Waals surface area contributed by atoms with Crippen LogP contribution in [0.25, 0.3) is 0 Å². The van der Waals surface area contributed by atoms with Crippen molar-refractivity contribution in [2.24, 2.45) is 17.8 Å². The second-order valence-corrected chi connectivity index (χ2v) is 5.94. The van der Waals surface area contributed by atoms with Crippen LogP contribution in [-0.4, -0.2) is 18.1 Å². The maximum atomic E-state index is 11.0. The summed E-state index contributed by atoms with van der Waals surface area (Å²) in [4.78, 5) is 10.6. The van der Waals surface area contributed by atoms with Crippen molar-refractivity contribution in [3.05, 3.63) is 28.3 Å². The van der Waals surface area contributed by atoms with Crippen LogP contribution in [0.3, 0.4) is 0 Å². The lowest BCUT2D eigenvalue weighted by Crippen LogP contribution is -2.24. The standard InChI is InChI=1S/C16H26N2O3/c1-6-21-15-8-13(7-14(9-15)18(19)20)17-10-16(11(2)3)12(4)5/h7-9,11-12,16-17H,6,10H2,1-5H3. The predicted octanol–water partition coefficient (Wildman–Crippen LogP) is 4.33. The predicted molar refractivity (Wildman–Crippen MR) is 85.9 cm³/mol. The van der Waals surface area contributed by atoms with Crippen molar-refractivity contribution < 1.29 is 9.66 Å². The van der Waals surface area contributed by atoms with Crippen LogP contribution in [0.5, 0.6) is 5.75 Å². The van der Waals surface area contributed by atoms with E-state index < -0.39 is 4.92 Å². The maximum absolute atomic E-state index is 11.0. The van der Waals surface area contributed by atoms with E-state index in [2.05, 4.69) is 33.0 Å². The summed E-state index contributed by atoms with van der Waals surface area (Å²) in [6, 6.07) is 4.82. The molecule has 0 saturated carbocycles. The number of rotatable bonds is 8. The highest BCUT2D eigenvalue weighted by Gasteiger charge is 2.18. The molecule has 0 aliphatic heterocycles. The normalized spacial score (nSPS) is 11.2. The number of non-ortho nitro benzene ring substituents is 1. The smallest absolute Gasteiger partial charge is 0.275 e. The van der Waals surface area contributed by atoms with Crippen LogP contribution in [0, 0.1) is 27.9 Å². The van der Waals surface area contributed by atoms with Crippen molar-refractivity contribution in [3.8, 4) is 5.75 Å². The first-order chi connectivity index (χ1) is 9.85. The molecule has 0 saturated heterocycles. The average Bonchev–Trinajstić information content (AvgIpc) is 2.38. The van der Waals surface area contributed by atoms with Gasteiger partial charge in [-0.2, -0.15) is 0 Å². The Morgan fingerprint density at radius 2 is 1.81 bits per heavy atom. The molecule has 1 rings (SSSR count). The molecule has 0 unspecified atom stereocenters. The van der Waals surface area contributed by atoms with E-state index in [-0.39, 0.29) is 5.69 Å². The molecule has 118 valence electrons. The Hall–Kier alpha value is -1.78. The first-order valence-corrected chi connectivity index (χ1v) is 7.51. The third kappa shape index (κ3) is 5.25. The summed E-state index contributed by atoms with van der Waals surface area (Å²) in [5.74, 6) is 2.16. The van der Waals surface area contributed by atoms with Crippen LogP contribution in [0.2, 0.25) is 0 Å². The minimum atomic E-state index is -0.393. The Balaban J connectivity index is 2.88. The Labute approximate surface area is 126 Å². The van der Waals surface area contributed by atoms with Crippen molar-refractivity contribution >= 4 is 11.4 Å². The summed E-state index contributed by atoms with van der Waals surface area (Å²) in [6.45, 7) is 11.9. The minimum Gasteiger partial charge on any atom is -0.494 e. The van der Waals surface area contributed by atoms with Gasteiger partial charge in [0.25, 0.3) is 5.69 Å². The minimum absolute atomic E-state index is 0.0501. The molecule has 1 N–H and O–H groups in total. The fourth-order valence-electron chi connectivity index (χ4n) is 2.52. The van der Waals surface area contributed by atoms with Gasteiger partial charge in [-0.1, -0.05) is 27.7 Å². The molecule has 0 aliphatic rings. The molecule has 21 heavy (non-hydrogen) atoms. The maximum Gasteiger partial charge on any atom is 0.275 e. The van der Waals surface area contributed by atoms with Crippen LogP contribution in [-0.2, 0) is 0 Å². The van der Waals surface area contributed by atoms with Crippen LogP contribution in [0.15, 0.2) is 18.2 Å². The monoisotopic (exact) mass is 294 g/mol. The second kappa shape index (κ2) is 7.86. The first kappa shape index (κ1) is 17.3. The summed E-state index contributed by atoms with van der Waals surface area (Å²) >= 11 is 0. The fraction of sp³-hybridized carbons (Fsp3) is 0.625. The number of ether oxygens (including phenoxy) is 1. The van der Waals surface area contributed by atoms with Gasteiger partial charge >= 0.3 is 0 Å². The number of nitro groups is 1. The van der Waals surface area contributed by atoms with Gasteiger partial charge in [0.2, 0.25) is 0 Å². The summed E-state index contributed by atoms with van der Waals surface area (Å²) in [7, 11) is 0. The van der Waals surface area contributed by atoms with Crippen molar-refractivity contribution in [2.75, 3.05) is 18.5 Å². The van der Waals surface area contributed by atoms with E-state index in [4.69, 9.17) is 4.74 Å². The van der Waals surface area contributed by atoms with E-state index in [9.17, 15) is 10.1 Å². The van der Waals surface area contributed by atoms with E-state index >= 15 is 0 Å². The zero-order chi connectivity index (χ0) is 16.0. The molecular weight excluding hydrogens is 268 g/mol. The van der Waals surface area contributed by atoms with Gasteiger partial charge in [0, 0.05) is 24.4 Å². The third-order valence-corrected chi connectivity index (χ3v) is 3.67. The molecule has 0 heterocycles. The Bertz CT molecular complexity index is 465. The fourth-order valence-corrected chi connectivity index (χ4v) is 2.52. The van der Waals surface area contributed by atoms with E-state index in [1.165, 1.54) is 6.07 Å². The molecular formula is C16H26N2O3. The van der Waals surface area contributed by atoms with Gasteiger partial charge in [-0.15, -0.1) is 0 Å². The molecule has 0 amide bonds. The van der Waals surface area contributed by atoms with Gasteiger partial charge in [0.1, 0.15) is 5.75 Å². The number of hydrogen-bond donors (Lipinski definition) is 1. The molecule has 0 aliphatic carbocycles. The van der Waals surface area contributed by atoms with Crippen molar-refractivity contribution in [1.29, 1.82) is 0 Å². The number of nitrogens with zero attached hydrogens (tertiary/aromatic N) is 1. The van der Waals surface area contributed by atoms with Gasteiger partial charge in [-0.25, -0.2) is 0 Å². The van der Waals surface area contributed by atoms with E-state index in [1.54, 1.807) is 6.07 Å². The van der Waals surface area contributed by atoms with E-state index in [0.29, 0.717) is 30.1 Å². The molecule has 1 aromatic rings. The number of benzene rings is 1. The summed E-state index contributed by atoms with van der Waals surface area (Å²) in [6.07, 6.45) is 0. The lowest BCUT2D eigenvalue weighted by Gasteiger charge is -2.25. The van der Waals surface area contributed by atoms with Crippen LogP contribution in [0.4, 0.5) is 11.4 Å². The number of anilines is 1. The molecule has 0 bridgehead atoms. The van der Waals surface area contributed by atoms with Crippen molar-refractivity contribution in [2.45, 2.75) is 34.6 Å². The topological polar surface area (TPSA) is 64.4 Å². The van der Waals surface area contributed by atoms with Crippen LogP contribution in [0.1, 0.15) is 34.6 Å². The summed E-state index contributed by atoms with van der Waals surface area (Å²) in [5.41, 5.74) is 0.785. The molecule has 0 radical (unpaired) electrons. The highest BCUT2D eigenvalue weighted by Crippen LogP contribution is 2.27. The Morgan fingerprint density at radius 1 is 1.19 bits per heavy atom. The number of nitro benzene ring substituents is 1. The van der Waals surface area contributed by atoms with Crippen LogP contribution < -0.4 is 10.1 Å². The quantitative estimate of drug-likeness (QED) is 0.572. The summed E-state index contributed by atoms with van der Waals surface area (Å²) < 4.78 is 5.39. The van der Waals surface area contributed by atoms with Gasteiger partial charge in [0.15, 0.2) is 0 Å². The molecule has 0 fully saturated rings. The van der Waals surface area contributed by atoms with Crippen molar-refractivity contribution in [3.63, 3.8) is 0 Å². The lowest BCUT2D eigenvalue weighted by atomic mass is 9.85. The zero-order valence-corrected chi connectivity index (χ0v) is 13.6. The molecule has 5 nitrogen and oxygen atoms in total. The SMILES string of the molecule is CCOc1cc(NCC(C(C)C)C(C)C)cc([N+](=O)[O-])c1. The average molecular weight is 294 g/mol. The molecule has 1 aromatic carbocycles.